The molecule has 0 aliphatic rings. The lowest BCUT2D eigenvalue weighted by atomic mass is 10.0. The molecule has 0 radical (unpaired) electrons. The van der Waals surface area contributed by atoms with Gasteiger partial charge in [0, 0.05) is 5.56 Å². The largest absolute Gasteiger partial charge is 0.496 e. The predicted octanol–water partition coefficient (Wildman–Crippen LogP) is 1.25. The number of hydrogen-bond donors (Lipinski definition) is 2. The van der Waals surface area contributed by atoms with Crippen LogP contribution in [0.5, 0.6) is 5.75 Å². The Labute approximate surface area is 84.5 Å². The van der Waals surface area contributed by atoms with Gasteiger partial charge in [-0.2, -0.15) is 0 Å². The van der Waals surface area contributed by atoms with Crippen molar-refractivity contribution < 1.29 is 9.84 Å². The first kappa shape index (κ1) is 11.0. The molecule has 3 nitrogen and oxygen atoms in total. The molecule has 0 aromatic heterocycles. The molecule has 3 heteroatoms. The Hall–Kier alpha value is -1.06. The van der Waals surface area contributed by atoms with Crippen molar-refractivity contribution in [3.05, 3.63) is 29.3 Å². The van der Waals surface area contributed by atoms with E-state index in [1.165, 1.54) is 5.56 Å². The van der Waals surface area contributed by atoms with Crippen LogP contribution in [-0.4, -0.2) is 18.8 Å². The van der Waals surface area contributed by atoms with Crippen LogP contribution in [0.15, 0.2) is 18.2 Å². The van der Waals surface area contributed by atoms with Gasteiger partial charge in [0.05, 0.1) is 19.8 Å². The van der Waals surface area contributed by atoms with Crippen LogP contribution < -0.4 is 10.5 Å². The van der Waals surface area contributed by atoms with E-state index in [1.54, 1.807) is 7.11 Å². The van der Waals surface area contributed by atoms with Gasteiger partial charge in [0.25, 0.3) is 0 Å². The molecule has 0 saturated heterocycles. The number of aliphatic hydroxyl groups is 1. The van der Waals surface area contributed by atoms with Crippen LogP contribution in [0, 0.1) is 0 Å². The van der Waals surface area contributed by atoms with Crippen molar-refractivity contribution in [2.45, 2.75) is 19.4 Å². The summed E-state index contributed by atoms with van der Waals surface area (Å²) in [5.41, 5.74) is 7.83. The fraction of sp³-hybridized carbons (Fsp3) is 0.455. The molecule has 0 spiro atoms. The molecule has 0 aliphatic carbocycles. The summed E-state index contributed by atoms with van der Waals surface area (Å²) >= 11 is 0. The number of methoxy groups -OCH3 is 1. The minimum absolute atomic E-state index is 0.0659. The Kier molecular flexibility index (Phi) is 3.92. The molecule has 0 fully saturated rings. The van der Waals surface area contributed by atoms with Crippen molar-refractivity contribution in [2.24, 2.45) is 5.73 Å². The molecule has 0 aliphatic heterocycles. The Morgan fingerprint density at radius 3 is 2.71 bits per heavy atom. The molecule has 0 bridgehead atoms. The first-order valence-electron chi connectivity index (χ1n) is 4.76. The zero-order valence-corrected chi connectivity index (χ0v) is 8.66. The van der Waals surface area contributed by atoms with Crippen LogP contribution in [-0.2, 0) is 6.42 Å². The number of benzene rings is 1. The van der Waals surface area contributed by atoms with E-state index in [2.05, 4.69) is 6.92 Å². The minimum Gasteiger partial charge on any atom is -0.496 e. The van der Waals surface area contributed by atoms with E-state index >= 15 is 0 Å². The maximum Gasteiger partial charge on any atom is 0.123 e. The predicted molar refractivity (Wildman–Crippen MR) is 56.4 cm³/mol. The third-order valence-electron chi connectivity index (χ3n) is 2.30. The van der Waals surface area contributed by atoms with Gasteiger partial charge in [-0.3, -0.25) is 0 Å². The maximum atomic E-state index is 8.99. The molecule has 14 heavy (non-hydrogen) atoms. The molecular formula is C11H17NO2. The smallest absolute Gasteiger partial charge is 0.123 e. The van der Waals surface area contributed by atoms with Gasteiger partial charge >= 0.3 is 0 Å². The first-order chi connectivity index (χ1) is 6.72. The highest BCUT2D eigenvalue weighted by atomic mass is 16.5. The molecule has 1 rings (SSSR count). The Morgan fingerprint density at radius 2 is 2.21 bits per heavy atom. The van der Waals surface area contributed by atoms with Gasteiger partial charge < -0.3 is 15.6 Å². The quantitative estimate of drug-likeness (QED) is 0.760. The number of rotatable bonds is 4. The van der Waals surface area contributed by atoms with E-state index in [1.807, 2.05) is 18.2 Å². The Morgan fingerprint density at radius 1 is 1.50 bits per heavy atom. The normalized spacial score (nSPS) is 12.6. The second-order valence-corrected chi connectivity index (χ2v) is 3.22. The van der Waals surface area contributed by atoms with Gasteiger partial charge in [-0.05, 0) is 18.1 Å². The topological polar surface area (TPSA) is 55.5 Å². The average Bonchev–Trinajstić information content (AvgIpc) is 2.27. The number of aryl methyl sites for hydroxylation is 1. The van der Waals surface area contributed by atoms with Crippen LogP contribution >= 0.6 is 0 Å². The Balaban J connectivity index is 3.08. The molecule has 1 aromatic carbocycles. The molecule has 1 unspecified atom stereocenters. The van der Waals surface area contributed by atoms with Crippen molar-refractivity contribution in [1.29, 1.82) is 0 Å². The van der Waals surface area contributed by atoms with E-state index in [-0.39, 0.29) is 12.6 Å². The summed E-state index contributed by atoms with van der Waals surface area (Å²) in [6, 6.07) is 5.52. The summed E-state index contributed by atoms with van der Waals surface area (Å²) in [4.78, 5) is 0. The fourth-order valence-electron chi connectivity index (χ4n) is 1.39. The number of aliphatic hydroxyl groups excluding tert-OH is 1. The summed E-state index contributed by atoms with van der Waals surface area (Å²) in [7, 11) is 1.61. The second-order valence-electron chi connectivity index (χ2n) is 3.22. The van der Waals surface area contributed by atoms with Crippen LogP contribution in [0.4, 0.5) is 0 Å². The lowest BCUT2D eigenvalue weighted by molar-refractivity contribution is 0.264. The van der Waals surface area contributed by atoms with Gasteiger partial charge in [0.2, 0.25) is 0 Å². The number of hydrogen-bond acceptors (Lipinski definition) is 3. The molecule has 78 valence electrons. The number of ether oxygens (including phenoxy) is 1. The van der Waals surface area contributed by atoms with Crippen LogP contribution in [0.3, 0.4) is 0 Å². The zero-order chi connectivity index (χ0) is 10.6. The summed E-state index contributed by atoms with van der Waals surface area (Å²) in [5.74, 6) is 0.740. The minimum atomic E-state index is -0.364. The van der Waals surface area contributed by atoms with Gasteiger partial charge in [-0.25, -0.2) is 0 Å². The molecule has 0 saturated carbocycles. The van der Waals surface area contributed by atoms with E-state index in [0.29, 0.717) is 0 Å². The zero-order valence-electron chi connectivity index (χ0n) is 8.66. The van der Waals surface area contributed by atoms with Gasteiger partial charge in [-0.15, -0.1) is 0 Å². The molecule has 1 atom stereocenters. The molecule has 3 N–H and O–H groups in total. The first-order valence-corrected chi connectivity index (χ1v) is 4.76. The summed E-state index contributed by atoms with van der Waals surface area (Å²) in [5, 5.41) is 8.99. The third kappa shape index (κ3) is 2.25. The summed E-state index contributed by atoms with van der Waals surface area (Å²) in [6.07, 6.45) is 0.954. The standard InChI is InChI=1S/C11H17NO2/c1-3-8-4-5-11(14-2)9(6-8)10(12)7-13/h4-6,10,13H,3,7,12H2,1-2H3. The van der Waals surface area contributed by atoms with Crippen LogP contribution in [0.25, 0.3) is 0 Å². The van der Waals surface area contributed by atoms with Crippen molar-refractivity contribution in [3.63, 3.8) is 0 Å². The van der Waals surface area contributed by atoms with E-state index in [9.17, 15) is 0 Å². The van der Waals surface area contributed by atoms with Gasteiger partial charge in [-0.1, -0.05) is 19.1 Å². The van der Waals surface area contributed by atoms with Gasteiger partial charge in [0.15, 0.2) is 0 Å². The van der Waals surface area contributed by atoms with Gasteiger partial charge in [0.1, 0.15) is 5.75 Å². The van der Waals surface area contributed by atoms with Crippen LogP contribution in [0.1, 0.15) is 24.1 Å². The number of nitrogens with two attached hydrogens (primary N) is 1. The van der Waals surface area contributed by atoms with Crippen molar-refractivity contribution in [2.75, 3.05) is 13.7 Å². The maximum absolute atomic E-state index is 8.99. The SMILES string of the molecule is CCc1ccc(OC)c(C(N)CO)c1. The molecule has 1 aromatic rings. The van der Waals surface area contributed by atoms with Crippen LogP contribution in [0.2, 0.25) is 0 Å². The van der Waals surface area contributed by atoms with E-state index in [0.717, 1.165) is 17.7 Å². The highest BCUT2D eigenvalue weighted by Crippen LogP contribution is 2.24. The summed E-state index contributed by atoms with van der Waals surface area (Å²) < 4.78 is 5.18. The van der Waals surface area contributed by atoms with E-state index in [4.69, 9.17) is 15.6 Å². The highest BCUT2D eigenvalue weighted by molar-refractivity contribution is 5.39. The summed E-state index contributed by atoms with van der Waals surface area (Å²) in [6.45, 7) is 2.01. The second kappa shape index (κ2) is 4.98. The highest BCUT2D eigenvalue weighted by Gasteiger charge is 2.11. The van der Waals surface area contributed by atoms with Crippen molar-refractivity contribution in [3.8, 4) is 5.75 Å². The third-order valence-corrected chi connectivity index (χ3v) is 2.30. The lowest BCUT2D eigenvalue weighted by Crippen LogP contribution is -2.15. The fourth-order valence-corrected chi connectivity index (χ4v) is 1.39. The lowest BCUT2D eigenvalue weighted by Gasteiger charge is -2.14. The van der Waals surface area contributed by atoms with Crippen molar-refractivity contribution >= 4 is 0 Å². The molecule has 0 amide bonds. The monoisotopic (exact) mass is 195 g/mol. The van der Waals surface area contributed by atoms with E-state index < -0.39 is 0 Å². The van der Waals surface area contributed by atoms with Crippen molar-refractivity contribution in [1.82, 2.24) is 0 Å². The average molecular weight is 195 g/mol. The Bertz CT molecular complexity index is 299. The molecular weight excluding hydrogens is 178 g/mol. The molecule has 0 heterocycles.